The predicted molar refractivity (Wildman–Crippen MR) is 86.0 cm³/mol. The quantitative estimate of drug-likeness (QED) is 0.867. The molecule has 1 fully saturated rings. The molecule has 1 saturated carbocycles. The molecule has 0 radical (unpaired) electrons. The molecule has 0 atom stereocenters. The first-order valence-electron chi connectivity index (χ1n) is 7.99. The summed E-state index contributed by atoms with van der Waals surface area (Å²) >= 11 is 0. The van der Waals surface area contributed by atoms with Crippen molar-refractivity contribution in [3.8, 4) is 11.5 Å². The molecule has 0 unspecified atom stereocenters. The lowest BCUT2D eigenvalue weighted by molar-refractivity contribution is 0.0948. The average Bonchev–Trinajstić information content (AvgIpc) is 3.29. The number of nitrogens with one attached hydrogen (secondary N) is 1. The molecular formula is C16H21N5O3. The van der Waals surface area contributed by atoms with Gasteiger partial charge >= 0.3 is 0 Å². The van der Waals surface area contributed by atoms with E-state index in [9.17, 15) is 4.79 Å². The molecule has 1 N–H and O–H groups in total. The molecule has 0 bridgehead atoms. The zero-order valence-electron chi connectivity index (χ0n) is 13.9. The zero-order chi connectivity index (χ0) is 16.9. The predicted octanol–water partition coefficient (Wildman–Crippen LogP) is 1.74. The van der Waals surface area contributed by atoms with Gasteiger partial charge in [-0.3, -0.25) is 4.79 Å². The topological polar surface area (TPSA) is 91.2 Å². The minimum Gasteiger partial charge on any atom is -0.497 e. The van der Waals surface area contributed by atoms with Crippen LogP contribution in [0.2, 0.25) is 0 Å². The van der Waals surface area contributed by atoms with Gasteiger partial charge < -0.3 is 14.8 Å². The molecule has 1 amide bonds. The van der Waals surface area contributed by atoms with E-state index in [1.54, 1.807) is 32.4 Å². The lowest BCUT2D eigenvalue weighted by Gasteiger charge is -2.12. The molecule has 2 aromatic rings. The number of methoxy groups -OCH3 is 2. The van der Waals surface area contributed by atoms with Crippen LogP contribution in [0.25, 0.3) is 0 Å². The van der Waals surface area contributed by atoms with Gasteiger partial charge in [-0.25, -0.2) is 4.68 Å². The smallest absolute Gasteiger partial charge is 0.251 e. The van der Waals surface area contributed by atoms with Crippen molar-refractivity contribution in [1.82, 2.24) is 25.5 Å². The van der Waals surface area contributed by atoms with Crippen LogP contribution in [0.5, 0.6) is 11.5 Å². The second kappa shape index (κ2) is 7.29. The van der Waals surface area contributed by atoms with Crippen LogP contribution in [0.15, 0.2) is 18.2 Å². The number of ether oxygens (including phenoxy) is 2. The van der Waals surface area contributed by atoms with Crippen LogP contribution in [-0.4, -0.2) is 40.3 Å². The van der Waals surface area contributed by atoms with E-state index in [4.69, 9.17) is 9.47 Å². The number of carbonyl (C=O) groups excluding carboxylic acids is 1. The summed E-state index contributed by atoms with van der Waals surface area (Å²) in [5.41, 5.74) is 0.464. The fourth-order valence-corrected chi connectivity index (χ4v) is 2.96. The van der Waals surface area contributed by atoms with Gasteiger partial charge in [0.05, 0.1) is 26.8 Å². The van der Waals surface area contributed by atoms with Crippen molar-refractivity contribution in [2.75, 3.05) is 14.2 Å². The first-order valence-corrected chi connectivity index (χ1v) is 7.99. The summed E-state index contributed by atoms with van der Waals surface area (Å²) in [7, 11) is 3.10. The van der Waals surface area contributed by atoms with Gasteiger partial charge in [0, 0.05) is 11.6 Å². The van der Waals surface area contributed by atoms with Crippen LogP contribution in [0, 0.1) is 0 Å². The van der Waals surface area contributed by atoms with E-state index in [-0.39, 0.29) is 12.5 Å². The van der Waals surface area contributed by atoms with Crippen molar-refractivity contribution in [1.29, 1.82) is 0 Å². The third-order valence-corrected chi connectivity index (χ3v) is 4.25. The summed E-state index contributed by atoms with van der Waals surface area (Å²) in [6.45, 7) is 0.280. The molecule has 1 aliphatic rings. The second-order valence-corrected chi connectivity index (χ2v) is 5.76. The maximum Gasteiger partial charge on any atom is 0.251 e. The van der Waals surface area contributed by atoms with Crippen molar-refractivity contribution in [2.24, 2.45) is 0 Å². The Morgan fingerprint density at radius 3 is 2.50 bits per heavy atom. The second-order valence-electron chi connectivity index (χ2n) is 5.76. The number of carbonyl (C=O) groups is 1. The summed E-state index contributed by atoms with van der Waals surface area (Å²) in [6, 6.07) is 5.39. The summed E-state index contributed by atoms with van der Waals surface area (Å²) in [5.74, 6) is 1.57. The maximum atomic E-state index is 12.4. The highest BCUT2D eigenvalue weighted by molar-refractivity contribution is 5.95. The number of rotatable bonds is 6. The van der Waals surface area contributed by atoms with Gasteiger partial charge in [-0.2, -0.15) is 0 Å². The Morgan fingerprint density at radius 2 is 1.88 bits per heavy atom. The van der Waals surface area contributed by atoms with Gasteiger partial charge in [-0.05, 0) is 35.4 Å². The first kappa shape index (κ1) is 16.2. The Morgan fingerprint density at radius 1 is 1.21 bits per heavy atom. The number of benzene rings is 1. The third-order valence-electron chi connectivity index (χ3n) is 4.25. The summed E-state index contributed by atoms with van der Waals surface area (Å²) in [4.78, 5) is 12.4. The van der Waals surface area contributed by atoms with E-state index in [0.29, 0.717) is 28.9 Å². The Kier molecular flexibility index (Phi) is 4.93. The third kappa shape index (κ3) is 3.47. The molecule has 1 aliphatic carbocycles. The van der Waals surface area contributed by atoms with Gasteiger partial charge in [0.25, 0.3) is 5.91 Å². The molecule has 128 valence electrons. The Hall–Kier alpha value is -2.64. The van der Waals surface area contributed by atoms with Crippen LogP contribution in [0.4, 0.5) is 0 Å². The molecule has 1 heterocycles. The average molecular weight is 331 g/mol. The van der Waals surface area contributed by atoms with Crippen LogP contribution in [0.1, 0.15) is 47.9 Å². The summed E-state index contributed by atoms with van der Waals surface area (Å²) in [5, 5.41) is 14.7. The lowest BCUT2D eigenvalue weighted by atomic mass is 10.2. The number of nitrogens with zero attached hydrogens (tertiary/aromatic N) is 4. The Balaban J connectivity index is 1.69. The number of hydrogen-bond donors (Lipinski definition) is 1. The van der Waals surface area contributed by atoms with E-state index in [0.717, 1.165) is 12.8 Å². The normalized spacial score (nSPS) is 14.6. The molecule has 0 spiro atoms. The number of aromatic nitrogens is 4. The van der Waals surface area contributed by atoms with Gasteiger partial charge in [-0.1, -0.05) is 12.8 Å². The van der Waals surface area contributed by atoms with Gasteiger partial charge in [0.1, 0.15) is 11.5 Å². The molecule has 1 aromatic heterocycles. The van der Waals surface area contributed by atoms with E-state index < -0.39 is 0 Å². The van der Waals surface area contributed by atoms with Gasteiger partial charge in [0.2, 0.25) is 0 Å². The maximum absolute atomic E-state index is 12.4. The minimum absolute atomic E-state index is 0.229. The number of tetrazole rings is 1. The van der Waals surface area contributed by atoms with E-state index >= 15 is 0 Å². The molecule has 24 heavy (non-hydrogen) atoms. The zero-order valence-corrected chi connectivity index (χ0v) is 13.9. The summed E-state index contributed by atoms with van der Waals surface area (Å²) < 4.78 is 12.2. The minimum atomic E-state index is -0.229. The van der Waals surface area contributed by atoms with Gasteiger partial charge in [0.15, 0.2) is 5.82 Å². The molecule has 0 aliphatic heterocycles. The lowest BCUT2D eigenvalue weighted by Crippen LogP contribution is -2.25. The van der Waals surface area contributed by atoms with E-state index in [1.165, 1.54) is 12.8 Å². The highest BCUT2D eigenvalue weighted by Gasteiger charge is 2.21. The molecule has 0 saturated heterocycles. The molecule has 8 nitrogen and oxygen atoms in total. The van der Waals surface area contributed by atoms with Crippen LogP contribution in [-0.2, 0) is 6.54 Å². The van der Waals surface area contributed by atoms with E-state index in [2.05, 4.69) is 20.8 Å². The molecular weight excluding hydrogens is 310 g/mol. The van der Waals surface area contributed by atoms with Crippen molar-refractivity contribution in [3.63, 3.8) is 0 Å². The summed E-state index contributed by atoms with van der Waals surface area (Å²) in [6.07, 6.45) is 4.55. The number of amides is 1. The standard InChI is InChI=1S/C16H21N5O3/c1-23-13-7-11(8-14(9-13)24-2)16(22)17-10-15-18-19-20-21(15)12-5-3-4-6-12/h7-9,12H,3-6,10H2,1-2H3,(H,17,22). The molecule has 8 heteroatoms. The van der Waals surface area contributed by atoms with E-state index in [1.807, 2.05) is 4.68 Å². The fraction of sp³-hybridized carbons (Fsp3) is 0.500. The van der Waals surface area contributed by atoms with Crippen molar-refractivity contribution < 1.29 is 14.3 Å². The molecule has 1 aromatic carbocycles. The highest BCUT2D eigenvalue weighted by Crippen LogP contribution is 2.29. The van der Waals surface area contributed by atoms with Crippen molar-refractivity contribution in [3.05, 3.63) is 29.6 Å². The SMILES string of the molecule is COc1cc(OC)cc(C(=O)NCc2nnnn2C2CCCC2)c1. The Bertz CT molecular complexity index is 687. The van der Waals surface area contributed by atoms with Crippen molar-refractivity contribution in [2.45, 2.75) is 38.3 Å². The fourth-order valence-electron chi connectivity index (χ4n) is 2.96. The first-order chi connectivity index (χ1) is 11.7. The monoisotopic (exact) mass is 331 g/mol. The number of hydrogen-bond acceptors (Lipinski definition) is 6. The van der Waals surface area contributed by atoms with Crippen LogP contribution < -0.4 is 14.8 Å². The largest absolute Gasteiger partial charge is 0.497 e. The Labute approximate surface area is 140 Å². The van der Waals surface area contributed by atoms with Gasteiger partial charge in [-0.15, -0.1) is 5.10 Å². The molecule has 3 rings (SSSR count). The van der Waals surface area contributed by atoms with Crippen molar-refractivity contribution >= 4 is 5.91 Å². The van der Waals surface area contributed by atoms with Crippen LogP contribution >= 0.6 is 0 Å². The highest BCUT2D eigenvalue weighted by atomic mass is 16.5. The van der Waals surface area contributed by atoms with Crippen LogP contribution in [0.3, 0.4) is 0 Å².